The molecule has 1 heterocycles. The molecule has 1 spiro atoms. The molecule has 1 saturated carbocycles. The van der Waals surface area contributed by atoms with Gasteiger partial charge in [-0.25, -0.2) is 0 Å². The van der Waals surface area contributed by atoms with Crippen molar-refractivity contribution in [1.82, 2.24) is 0 Å². The van der Waals surface area contributed by atoms with Gasteiger partial charge in [0.05, 0.1) is 11.1 Å². The smallest absolute Gasteiger partial charge is 0.144 e. The van der Waals surface area contributed by atoms with Crippen LogP contribution in [0.25, 0.3) is 0 Å². The van der Waals surface area contributed by atoms with E-state index in [0.717, 1.165) is 25.7 Å². The zero-order valence-electron chi connectivity index (χ0n) is 10.5. The number of ether oxygens (including phenoxy) is 1. The summed E-state index contributed by atoms with van der Waals surface area (Å²) in [5.74, 6) is 0.544. The average molecular weight is 302 g/mol. The van der Waals surface area contributed by atoms with Gasteiger partial charge in [-0.2, -0.15) is 0 Å². The number of benzene rings is 1. The second-order valence-electron chi connectivity index (χ2n) is 5.50. The van der Waals surface area contributed by atoms with Gasteiger partial charge in [0.2, 0.25) is 0 Å². The predicted molar refractivity (Wildman–Crippen MR) is 75.8 cm³/mol. The molecule has 0 saturated heterocycles. The molecule has 1 aliphatic carbocycles. The van der Waals surface area contributed by atoms with Crippen molar-refractivity contribution in [2.75, 3.05) is 0 Å². The molecular formula is C14H17Cl2NO2. The molecule has 0 aromatic heterocycles. The Bertz CT molecular complexity index is 500. The van der Waals surface area contributed by atoms with Gasteiger partial charge >= 0.3 is 0 Å². The normalized spacial score (nSPS) is 28.8. The van der Waals surface area contributed by atoms with E-state index in [1.54, 1.807) is 12.1 Å². The topological polar surface area (TPSA) is 55.5 Å². The van der Waals surface area contributed by atoms with Gasteiger partial charge in [0.1, 0.15) is 17.5 Å². The first-order valence-electron chi connectivity index (χ1n) is 6.65. The van der Waals surface area contributed by atoms with E-state index in [9.17, 15) is 5.11 Å². The number of hydrogen-bond acceptors (Lipinski definition) is 3. The molecule has 1 aromatic carbocycles. The van der Waals surface area contributed by atoms with E-state index in [4.69, 9.17) is 33.7 Å². The Morgan fingerprint density at radius 2 is 1.89 bits per heavy atom. The van der Waals surface area contributed by atoms with Crippen LogP contribution in [0.15, 0.2) is 12.1 Å². The molecule has 3 N–H and O–H groups in total. The Kier molecular flexibility index (Phi) is 3.42. The summed E-state index contributed by atoms with van der Waals surface area (Å²) in [7, 11) is 0. The van der Waals surface area contributed by atoms with Gasteiger partial charge in [-0.3, -0.25) is 0 Å². The van der Waals surface area contributed by atoms with Crippen molar-refractivity contribution >= 4 is 23.2 Å². The zero-order valence-corrected chi connectivity index (χ0v) is 12.0. The minimum Gasteiger partial charge on any atom is -0.484 e. The lowest BCUT2D eigenvalue weighted by Gasteiger charge is -2.47. The van der Waals surface area contributed by atoms with Crippen LogP contribution in [0.5, 0.6) is 5.75 Å². The van der Waals surface area contributed by atoms with Gasteiger partial charge in [-0.05, 0) is 37.8 Å². The van der Waals surface area contributed by atoms with Crippen molar-refractivity contribution in [1.29, 1.82) is 0 Å². The van der Waals surface area contributed by atoms with Gasteiger partial charge in [-0.1, -0.05) is 29.6 Å². The SMILES string of the molecule is NC1C(O)c2cc(Cl)cc(Cl)c2OC12CCCCC2. The summed E-state index contributed by atoms with van der Waals surface area (Å²) >= 11 is 12.2. The fraction of sp³-hybridized carbons (Fsp3) is 0.571. The van der Waals surface area contributed by atoms with Crippen LogP contribution in [0, 0.1) is 0 Å². The number of hydrogen-bond donors (Lipinski definition) is 2. The largest absolute Gasteiger partial charge is 0.484 e. The monoisotopic (exact) mass is 301 g/mol. The van der Waals surface area contributed by atoms with Gasteiger partial charge < -0.3 is 15.6 Å². The molecule has 3 rings (SSSR count). The number of halogens is 2. The first-order valence-corrected chi connectivity index (χ1v) is 7.41. The Morgan fingerprint density at radius 3 is 2.58 bits per heavy atom. The van der Waals surface area contributed by atoms with E-state index in [1.165, 1.54) is 6.42 Å². The maximum absolute atomic E-state index is 10.5. The molecule has 2 unspecified atom stereocenters. The standard InChI is InChI=1S/C14H17Cl2NO2/c15-8-6-9-11(18)13(17)14(4-2-1-3-5-14)19-12(9)10(16)7-8/h6-7,11,13,18H,1-5,17H2. The number of aliphatic hydroxyl groups excluding tert-OH is 1. The van der Waals surface area contributed by atoms with E-state index < -0.39 is 17.7 Å². The minimum absolute atomic E-state index is 0.435. The lowest BCUT2D eigenvalue weighted by Crippen LogP contribution is -2.58. The third kappa shape index (κ3) is 2.13. The zero-order chi connectivity index (χ0) is 13.6. The second-order valence-corrected chi connectivity index (χ2v) is 6.35. The lowest BCUT2D eigenvalue weighted by molar-refractivity contribution is -0.0580. The van der Waals surface area contributed by atoms with Crippen LogP contribution >= 0.6 is 23.2 Å². The summed E-state index contributed by atoms with van der Waals surface area (Å²) in [4.78, 5) is 0. The lowest BCUT2D eigenvalue weighted by atomic mass is 9.74. The van der Waals surface area contributed by atoms with E-state index in [2.05, 4.69) is 0 Å². The molecule has 104 valence electrons. The summed E-state index contributed by atoms with van der Waals surface area (Å²) in [5.41, 5.74) is 6.36. The molecule has 3 nitrogen and oxygen atoms in total. The number of nitrogens with two attached hydrogens (primary N) is 1. The highest BCUT2D eigenvalue weighted by Gasteiger charge is 2.48. The number of fused-ring (bicyclic) bond motifs is 1. The van der Waals surface area contributed by atoms with Gasteiger partial charge in [0.25, 0.3) is 0 Å². The third-order valence-corrected chi connectivity index (χ3v) is 4.81. The maximum atomic E-state index is 10.5. The Labute approximate surface area is 122 Å². The first kappa shape index (κ1) is 13.5. The summed E-state index contributed by atoms with van der Waals surface area (Å²) in [5, 5.41) is 11.4. The van der Waals surface area contributed by atoms with Gasteiger partial charge in [-0.15, -0.1) is 0 Å². The van der Waals surface area contributed by atoms with E-state index >= 15 is 0 Å². The molecule has 1 aromatic rings. The number of aliphatic hydroxyl groups is 1. The van der Waals surface area contributed by atoms with Crippen molar-refractivity contribution in [2.24, 2.45) is 5.73 Å². The summed E-state index contributed by atoms with van der Waals surface area (Å²) in [6.45, 7) is 0. The Hall–Kier alpha value is -0.480. The van der Waals surface area contributed by atoms with Crippen LogP contribution in [0.2, 0.25) is 10.0 Å². The fourth-order valence-electron chi connectivity index (χ4n) is 3.25. The first-order chi connectivity index (χ1) is 9.03. The molecule has 1 aliphatic heterocycles. The fourth-order valence-corrected chi connectivity index (χ4v) is 3.79. The highest BCUT2D eigenvalue weighted by molar-refractivity contribution is 6.35. The summed E-state index contributed by atoms with van der Waals surface area (Å²) in [6.07, 6.45) is 4.28. The summed E-state index contributed by atoms with van der Waals surface area (Å²) in [6, 6.07) is 2.89. The Morgan fingerprint density at radius 1 is 1.21 bits per heavy atom. The van der Waals surface area contributed by atoms with Crippen molar-refractivity contribution in [3.63, 3.8) is 0 Å². The van der Waals surface area contributed by atoms with Crippen molar-refractivity contribution in [2.45, 2.75) is 49.9 Å². The molecular weight excluding hydrogens is 285 g/mol. The molecule has 5 heteroatoms. The number of rotatable bonds is 0. The quantitative estimate of drug-likeness (QED) is 0.772. The molecule has 2 atom stereocenters. The Balaban J connectivity index is 2.07. The van der Waals surface area contributed by atoms with Crippen LogP contribution in [-0.2, 0) is 0 Å². The average Bonchev–Trinajstić information content (AvgIpc) is 2.39. The highest BCUT2D eigenvalue weighted by atomic mass is 35.5. The van der Waals surface area contributed by atoms with Crippen LogP contribution < -0.4 is 10.5 Å². The molecule has 2 aliphatic rings. The van der Waals surface area contributed by atoms with Crippen LogP contribution in [-0.4, -0.2) is 16.7 Å². The molecule has 19 heavy (non-hydrogen) atoms. The van der Waals surface area contributed by atoms with E-state index in [1.807, 2.05) is 0 Å². The second kappa shape index (κ2) is 4.81. The van der Waals surface area contributed by atoms with E-state index in [-0.39, 0.29) is 0 Å². The van der Waals surface area contributed by atoms with Crippen molar-refractivity contribution < 1.29 is 9.84 Å². The van der Waals surface area contributed by atoms with Crippen molar-refractivity contribution in [3.8, 4) is 5.75 Å². The van der Waals surface area contributed by atoms with Crippen LogP contribution in [0.3, 0.4) is 0 Å². The van der Waals surface area contributed by atoms with Gasteiger partial charge in [0, 0.05) is 10.6 Å². The van der Waals surface area contributed by atoms with Crippen molar-refractivity contribution in [3.05, 3.63) is 27.7 Å². The molecule has 0 bridgehead atoms. The highest BCUT2D eigenvalue weighted by Crippen LogP contribution is 2.48. The molecule has 0 radical (unpaired) electrons. The van der Waals surface area contributed by atoms with Crippen LogP contribution in [0.4, 0.5) is 0 Å². The minimum atomic E-state index is -0.780. The summed E-state index contributed by atoms with van der Waals surface area (Å²) < 4.78 is 6.15. The predicted octanol–water partition coefficient (Wildman–Crippen LogP) is 3.45. The molecule has 0 amide bonds. The third-order valence-electron chi connectivity index (χ3n) is 4.31. The molecule has 1 fully saturated rings. The van der Waals surface area contributed by atoms with Gasteiger partial charge in [0.15, 0.2) is 0 Å². The van der Waals surface area contributed by atoms with Crippen LogP contribution in [0.1, 0.15) is 43.8 Å². The maximum Gasteiger partial charge on any atom is 0.144 e. The van der Waals surface area contributed by atoms with E-state index in [0.29, 0.717) is 21.4 Å².